The number of benzene rings is 1. The zero-order valence-corrected chi connectivity index (χ0v) is 16.7. The minimum Gasteiger partial charge on any atom is -0.422 e. The van der Waals surface area contributed by atoms with Gasteiger partial charge >= 0.3 is 0 Å². The summed E-state index contributed by atoms with van der Waals surface area (Å²) in [5.41, 5.74) is 1.15. The number of ether oxygens (including phenoxy) is 1. The summed E-state index contributed by atoms with van der Waals surface area (Å²) >= 11 is 0. The van der Waals surface area contributed by atoms with Gasteiger partial charge in [0.15, 0.2) is 11.5 Å². The van der Waals surface area contributed by atoms with E-state index in [0.29, 0.717) is 17.5 Å². The minimum absolute atomic E-state index is 0.0454. The fourth-order valence-corrected chi connectivity index (χ4v) is 3.36. The van der Waals surface area contributed by atoms with Crippen LogP contribution in [0.15, 0.2) is 45.3 Å². The van der Waals surface area contributed by atoms with Crippen LogP contribution in [0.5, 0.6) is 0 Å². The van der Waals surface area contributed by atoms with E-state index in [-0.39, 0.29) is 35.8 Å². The molecule has 2 aromatic heterocycles. The van der Waals surface area contributed by atoms with Gasteiger partial charge in [0.1, 0.15) is 6.10 Å². The fraction of sp³-hybridized carbons (Fsp3) is 0.429. The van der Waals surface area contributed by atoms with Crippen LogP contribution in [0, 0.1) is 0 Å². The van der Waals surface area contributed by atoms with Gasteiger partial charge in [-0.25, -0.2) is 0 Å². The topological polar surface area (TPSA) is 103 Å². The Kier molecular flexibility index (Phi) is 5.44. The number of hydrogen-bond donors (Lipinski definition) is 1. The second-order valence-corrected chi connectivity index (χ2v) is 7.59. The van der Waals surface area contributed by atoms with E-state index in [9.17, 15) is 4.79 Å². The van der Waals surface area contributed by atoms with Crippen LogP contribution in [0.1, 0.15) is 67.9 Å². The molecule has 8 heteroatoms. The average Bonchev–Trinajstić information content (AvgIpc) is 3.34. The minimum atomic E-state index is -0.246. The van der Waals surface area contributed by atoms with E-state index in [0.717, 1.165) is 18.4 Å². The Morgan fingerprint density at radius 3 is 2.66 bits per heavy atom. The number of carbonyl (C=O) groups excluding carboxylic acids is 1. The van der Waals surface area contributed by atoms with Gasteiger partial charge in [-0.15, -0.1) is 10.2 Å². The smallest absolute Gasteiger partial charge is 0.273 e. The summed E-state index contributed by atoms with van der Waals surface area (Å²) in [5, 5.41) is 15.1. The molecule has 1 atom stereocenters. The summed E-state index contributed by atoms with van der Waals surface area (Å²) < 4.78 is 16.7. The Morgan fingerprint density at radius 1 is 1.17 bits per heavy atom. The van der Waals surface area contributed by atoms with Crippen molar-refractivity contribution < 1.29 is 18.5 Å². The van der Waals surface area contributed by atoms with Crippen LogP contribution in [-0.4, -0.2) is 33.4 Å². The van der Waals surface area contributed by atoms with Crippen LogP contribution in [0.4, 0.5) is 0 Å². The van der Waals surface area contributed by atoms with Gasteiger partial charge in [-0.3, -0.25) is 4.79 Å². The molecule has 1 saturated carbocycles. The molecule has 152 valence electrons. The van der Waals surface area contributed by atoms with Crippen LogP contribution < -0.4 is 5.32 Å². The highest BCUT2D eigenvalue weighted by Gasteiger charge is 2.36. The average molecular weight is 396 g/mol. The molecule has 1 amide bonds. The first-order valence-electron chi connectivity index (χ1n) is 9.81. The molecule has 0 spiro atoms. The van der Waals surface area contributed by atoms with Crippen molar-refractivity contribution >= 4 is 5.91 Å². The van der Waals surface area contributed by atoms with E-state index in [1.807, 2.05) is 51.1 Å². The standard InChI is InChI=1S/C21H24N4O4/c1-12(2)27-13(3)20-23-24-21(28-20)15-9-16(10-15)22-19(26)17-11-18(29-25-17)14-7-5-4-6-8-14/h4-8,11-13,15-16H,9-10H2,1-3H3,(H,22,26)/t13-,15?,16?/m1/s1. The van der Waals surface area contributed by atoms with Crippen molar-refractivity contribution in [2.75, 3.05) is 0 Å². The molecule has 8 nitrogen and oxygen atoms in total. The van der Waals surface area contributed by atoms with Gasteiger partial charge in [0, 0.05) is 23.6 Å². The maximum absolute atomic E-state index is 12.4. The lowest BCUT2D eigenvalue weighted by Gasteiger charge is -2.33. The van der Waals surface area contributed by atoms with E-state index in [4.69, 9.17) is 13.7 Å². The number of aromatic nitrogens is 3. The summed E-state index contributed by atoms with van der Waals surface area (Å²) in [6, 6.07) is 11.3. The first-order chi connectivity index (χ1) is 14.0. The summed E-state index contributed by atoms with van der Waals surface area (Å²) in [4.78, 5) is 12.4. The first-order valence-corrected chi connectivity index (χ1v) is 9.81. The molecule has 1 N–H and O–H groups in total. The molecule has 0 saturated heterocycles. The molecule has 0 bridgehead atoms. The highest BCUT2D eigenvalue weighted by atomic mass is 16.5. The molecule has 0 aliphatic heterocycles. The van der Waals surface area contributed by atoms with Crippen molar-refractivity contribution in [3.8, 4) is 11.3 Å². The fourth-order valence-electron chi connectivity index (χ4n) is 3.36. The van der Waals surface area contributed by atoms with Crippen molar-refractivity contribution in [3.05, 3.63) is 53.9 Å². The largest absolute Gasteiger partial charge is 0.422 e. The highest BCUT2D eigenvalue weighted by molar-refractivity contribution is 5.93. The molecule has 0 unspecified atom stereocenters. The molecule has 1 aromatic carbocycles. The van der Waals surface area contributed by atoms with Crippen LogP contribution in [0.25, 0.3) is 11.3 Å². The van der Waals surface area contributed by atoms with Gasteiger partial charge in [0.05, 0.1) is 6.10 Å². The molecule has 2 heterocycles. The third kappa shape index (κ3) is 4.37. The van der Waals surface area contributed by atoms with Gasteiger partial charge < -0.3 is 19.0 Å². The second kappa shape index (κ2) is 8.16. The quantitative estimate of drug-likeness (QED) is 0.646. The molecular weight excluding hydrogens is 372 g/mol. The zero-order chi connectivity index (χ0) is 20.4. The Labute approximate surface area is 168 Å². The number of nitrogens with zero attached hydrogens (tertiary/aromatic N) is 3. The maximum atomic E-state index is 12.4. The number of amides is 1. The molecular formula is C21H24N4O4. The highest BCUT2D eigenvalue weighted by Crippen LogP contribution is 2.37. The van der Waals surface area contributed by atoms with Crippen molar-refractivity contribution in [2.45, 2.75) is 57.8 Å². The lowest BCUT2D eigenvalue weighted by molar-refractivity contribution is 0.00177. The molecule has 29 heavy (non-hydrogen) atoms. The van der Waals surface area contributed by atoms with Crippen molar-refractivity contribution in [3.63, 3.8) is 0 Å². The van der Waals surface area contributed by atoms with Gasteiger partial charge in [-0.1, -0.05) is 35.5 Å². The van der Waals surface area contributed by atoms with Crippen molar-refractivity contribution in [2.24, 2.45) is 0 Å². The predicted molar refractivity (Wildman–Crippen MR) is 104 cm³/mol. The van der Waals surface area contributed by atoms with Gasteiger partial charge in [-0.05, 0) is 33.6 Å². The second-order valence-electron chi connectivity index (χ2n) is 7.59. The monoisotopic (exact) mass is 396 g/mol. The Balaban J connectivity index is 1.29. The molecule has 0 radical (unpaired) electrons. The predicted octanol–water partition coefficient (Wildman–Crippen LogP) is 3.89. The lowest BCUT2D eigenvalue weighted by atomic mass is 9.80. The summed E-state index contributed by atoms with van der Waals surface area (Å²) in [7, 11) is 0. The SMILES string of the molecule is CC(C)O[C@H](C)c1nnc(C2CC(NC(=O)c3cc(-c4ccccc4)on3)C2)o1. The van der Waals surface area contributed by atoms with E-state index in [1.165, 1.54) is 0 Å². The lowest BCUT2D eigenvalue weighted by Crippen LogP contribution is -2.43. The van der Waals surface area contributed by atoms with Crippen molar-refractivity contribution in [1.29, 1.82) is 0 Å². The van der Waals surface area contributed by atoms with Gasteiger partial charge in [0.25, 0.3) is 5.91 Å². The maximum Gasteiger partial charge on any atom is 0.273 e. The molecule has 1 fully saturated rings. The summed E-state index contributed by atoms with van der Waals surface area (Å²) in [6.07, 6.45) is 1.34. The van der Waals surface area contributed by atoms with Crippen LogP contribution in [0.2, 0.25) is 0 Å². The first kappa shape index (κ1) is 19.3. The van der Waals surface area contributed by atoms with Gasteiger partial charge in [0.2, 0.25) is 11.8 Å². The number of hydrogen-bond acceptors (Lipinski definition) is 7. The van der Waals surface area contributed by atoms with Crippen LogP contribution in [0.3, 0.4) is 0 Å². The normalized spacial score (nSPS) is 19.7. The van der Waals surface area contributed by atoms with Crippen molar-refractivity contribution in [1.82, 2.24) is 20.7 Å². The zero-order valence-electron chi connectivity index (χ0n) is 16.7. The number of carbonyl (C=O) groups is 1. The van der Waals surface area contributed by atoms with Gasteiger partial charge in [-0.2, -0.15) is 0 Å². The Morgan fingerprint density at radius 2 is 1.93 bits per heavy atom. The Hall–Kier alpha value is -3.00. The van der Waals surface area contributed by atoms with Crippen LogP contribution in [-0.2, 0) is 4.74 Å². The van der Waals surface area contributed by atoms with Crippen LogP contribution >= 0.6 is 0 Å². The molecule has 1 aliphatic carbocycles. The molecule has 3 aromatic rings. The number of rotatable bonds is 7. The Bertz CT molecular complexity index is 960. The van der Waals surface area contributed by atoms with E-state index >= 15 is 0 Å². The summed E-state index contributed by atoms with van der Waals surface area (Å²) in [5.74, 6) is 1.54. The van der Waals surface area contributed by atoms with E-state index in [1.54, 1.807) is 6.07 Å². The third-order valence-electron chi connectivity index (χ3n) is 4.90. The number of nitrogens with one attached hydrogen (secondary N) is 1. The molecule has 4 rings (SSSR count). The molecule has 1 aliphatic rings. The third-order valence-corrected chi connectivity index (χ3v) is 4.90. The van der Waals surface area contributed by atoms with E-state index < -0.39 is 0 Å². The van der Waals surface area contributed by atoms with E-state index in [2.05, 4.69) is 20.7 Å². The summed E-state index contributed by atoms with van der Waals surface area (Å²) in [6.45, 7) is 5.82.